The van der Waals surface area contributed by atoms with Gasteiger partial charge < -0.3 is 35.4 Å². The number of carboxylic acid groups (broad SMARTS) is 2. The summed E-state index contributed by atoms with van der Waals surface area (Å²) in [5.74, 6) is -4.53. The van der Waals surface area contributed by atoms with Crippen LogP contribution in [0, 0.1) is 0 Å². The average molecular weight is 794 g/mol. The predicted molar refractivity (Wildman–Crippen MR) is 208 cm³/mol. The van der Waals surface area contributed by atoms with Crippen LogP contribution in [0.15, 0.2) is 120 Å². The molecule has 5 aromatic rings. The lowest BCUT2D eigenvalue weighted by Crippen LogP contribution is -2.38. The maximum Gasteiger partial charge on any atom is 0.336 e. The number of amides is 2. The number of aromatic carboxylic acids is 2. The van der Waals surface area contributed by atoms with Gasteiger partial charge in [-0.1, -0.05) is 54.6 Å². The van der Waals surface area contributed by atoms with E-state index in [1.165, 1.54) is 17.0 Å². The molecule has 0 spiro atoms. The molecule has 0 heterocycles. The lowest BCUT2D eigenvalue weighted by Gasteiger charge is -2.36. The van der Waals surface area contributed by atoms with E-state index in [1.807, 2.05) is 47.2 Å². The number of ether oxygens (including phenoxy) is 1. The first-order valence-electron chi connectivity index (χ1n) is 17.9. The van der Waals surface area contributed by atoms with Crippen LogP contribution in [-0.2, 0) is 23.0 Å². The number of aryl methyl sites for hydroxylation is 1. The van der Waals surface area contributed by atoms with Crippen LogP contribution in [0.3, 0.4) is 0 Å². The van der Waals surface area contributed by atoms with Crippen LogP contribution >= 0.6 is 0 Å². The summed E-state index contributed by atoms with van der Waals surface area (Å²) in [4.78, 5) is 54.8. The minimum atomic E-state index is -4.63. The molecule has 14 nitrogen and oxygen atoms in total. The summed E-state index contributed by atoms with van der Waals surface area (Å²) in [7, 11) is -4.63. The van der Waals surface area contributed by atoms with Crippen LogP contribution in [0.4, 0.5) is 5.69 Å². The molecule has 1 unspecified atom stereocenters. The summed E-state index contributed by atoms with van der Waals surface area (Å²) in [6.45, 7) is -0.552. The number of nitrogens with zero attached hydrogens (tertiary/aromatic N) is 1. The van der Waals surface area contributed by atoms with Crippen molar-refractivity contribution in [2.75, 3.05) is 18.5 Å². The molecule has 6 rings (SSSR count). The van der Waals surface area contributed by atoms with Crippen molar-refractivity contribution >= 4 is 39.5 Å². The Labute approximate surface area is 328 Å². The van der Waals surface area contributed by atoms with Gasteiger partial charge in [0.15, 0.2) is 0 Å². The number of hydrogen-bond donors (Lipinski definition) is 6. The van der Waals surface area contributed by atoms with E-state index >= 15 is 0 Å². The molecule has 6 N–H and O–H groups in total. The molecule has 2 atom stereocenters. The van der Waals surface area contributed by atoms with Gasteiger partial charge in [0.2, 0.25) is 0 Å². The Kier molecular flexibility index (Phi) is 12.3. The molecular weight excluding hydrogens is 755 g/mol. The van der Waals surface area contributed by atoms with Crippen molar-refractivity contribution in [2.24, 2.45) is 0 Å². The van der Waals surface area contributed by atoms with Gasteiger partial charge in [0.1, 0.15) is 11.5 Å². The van der Waals surface area contributed by atoms with Gasteiger partial charge in [0.25, 0.3) is 21.8 Å². The third kappa shape index (κ3) is 9.47. The van der Waals surface area contributed by atoms with Crippen LogP contribution in [0.1, 0.15) is 77.0 Å². The van der Waals surface area contributed by atoms with Gasteiger partial charge in [-0.25, -0.2) is 22.7 Å². The Hall–Kier alpha value is -6.55. The fraction of sp³-hybridized carbons (Fsp3) is 0.190. The lowest BCUT2D eigenvalue weighted by molar-refractivity contribution is 0.0613. The number of carbonyl (C=O) groups is 4. The molecule has 0 fully saturated rings. The van der Waals surface area contributed by atoms with E-state index in [9.17, 15) is 42.9 Å². The topological polar surface area (TPSA) is 220 Å². The van der Waals surface area contributed by atoms with Crippen LogP contribution in [0.25, 0.3) is 0 Å². The molecule has 0 saturated carbocycles. The van der Waals surface area contributed by atoms with Crippen molar-refractivity contribution in [3.05, 3.63) is 154 Å². The van der Waals surface area contributed by atoms with E-state index < -0.39 is 74.8 Å². The maximum atomic E-state index is 14.9. The number of para-hydroxylation sites is 1. The van der Waals surface area contributed by atoms with Crippen molar-refractivity contribution in [2.45, 2.75) is 42.8 Å². The van der Waals surface area contributed by atoms with E-state index in [0.717, 1.165) is 35.7 Å². The summed E-state index contributed by atoms with van der Waals surface area (Å²) in [6.07, 6.45) is 0.921. The monoisotopic (exact) mass is 793 g/mol. The fourth-order valence-corrected chi connectivity index (χ4v) is 7.63. The summed E-state index contributed by atoms with van der Waals surface area (Å²) >= 11 is 0. The molecule has 0 saturated heterocycles. The first-order chi connectivity index (χ1) is 27.3. The van der Waals surface area contributed by atoms with E-state index in [-0.39, 0.29) is 18.0 Å². The summed E-state index contributed by atoms with van der Waals surface area (Å²) < 4.78 is 34.5. The van der Waals surface area contributed by atoms with Crippen molar-refractivity contribution < 1.29 is 52.8 Å². The summed E-state index contributed by atoms with van der Waals surface area (Å²) in [5.41, 5.74) is 0.0863. The van der Waals surface area contributed by atoms with Crippen LogP contribution < -0.4 is 14.8 Å². The van der Waals surface area contributed by atoms with E-state index in [4.69, 9.17) is 9.84 Å². The molecule has 15 heteroatoms. The normalized spacial score (nSPS) is 14.1. The first kappa shape index (κ1) is 40.1. The molecule has 294 valence electrons. The summed E-state index contributed by atoms with van der Waals surface area (Å²) in [5, 5.41) is 41.8. The number of hydrogen-bond acceptors (Lipinski definition) is 10. The SMILES string of the molecule is O=C(O)c1cc(C(=O)O)c(C(=O)N(Cc2cccc(Oc3ccccc3)c2)[C@H]2CCCc3ccccc32)cc1C(=O)NS(=O)(=O)c1ccc(NCC(O)CO)cc1. The summed E-state index contributed by atoms with van der Waals surface area (Å²) in [6, 6.07) is 29.7. The van der Waals surface area contributed by atoms with Gasteiger partial charge >= 0.3 is 11.9 Å². The molecule has 1 aliphatic rings. The minimum absolute atomic E-state index is 0.0234. The van der Waals surface area contributed by atoms with Gasteiger partial charge in [0, 0.05) is 18.8 Å². The number of rotatable bonds is 15. The Morgan fingerprint density at radius 1 is 0.772 bits per heavy atom. The predicted octanol–water partition coefficient (Wildman–Crippen LogP) is 5.48. The van der Waals surface area contributed by atoms with E-state index in [1.54, 1.807) is 36.4 Å². The quantitative estimate of drug-likeness (QED) is 0.0777. The zero-order valence-electron chi connectivity index (χ0n) is 30.4. The second kappa shape index (κ2) is 17.5. The number of fused-ring (bicyclic) bond motifs is 1. The number of benzene rings is 5. The van der Waals surface area contributed by atoms with Crippen molar-refractivity contribution in [1.82, 2.24) is 9.62 Å². The molecule has 5 aromatic carbocycles. The van der Waals surface area contributed by atoms with E-state index in [0.29, 0.717) is 41.7 Å². The minimum Gasteiger partial charge on any atom is -0.478 e. The van der Waals surface area contributed by atoms with Gasteiger partial charge in [-0.3, -0.25) is 9.59 Å². The Bertz CT molecular complexity index is 2400. The fourth-order valence-electron chi connectivity index (χ4n) is 6.67. The second-order valence-electron chi connectivity index (χ2n) is 13.3. The number of sulfonamides is 1. The van der Waals surface area contributed by atoms with Crippen LogP contribution in [-0.4, -0.2) is 76.8 Å². The second-order valence-corrected chi connectivity index (χ2v) is 15.0. The number of carbonyl (C=O) groups excluding carboxylic acids is 2. The van der Waals surface area contributed by atoms with Crippen LogP contribution in [0.2, 0.25) is 0 Å². The van der Waals surface area contributed by atoms with Gasteiger partial charge in [0.05, 0.1) is 45.9 Å². The third-order valence-corrected chi connectivity index (χ3v) is 10.8. The molecule has 2 amide bonds. The molecule has 1 aliphatic carbocycles. The smallest absolute Gasteiger partial charge is 0.336 e. The molecular formula is C42H39N3O11S. The Morgan fingerprint density at radius 3 is 2.12 bits per heavy atom. The molecule has 0 aromatic heterocycles. The molecule has 0 aliphatic heterocycles. The van der Waals surface area contributed by atoms with Crippen LogP contribution in [0.5, 0.6) is 11.5 Å². The lowest BCUT2D eigenvalue weighted by atomic mass is 9.86. The van der Waals surface area contributed by atoms with Gasteiger partial charge in [-0.05, 0) is 96.6 Å². The van der Waals surface area contributed by atoms with Crippen molar-refractivity contribution in [1.29, 1.82) is 0 Å². The number of carboxylic acids is 2. The zero-order valence-corrected chi connectivity index (χ0v) is 31.2. The van der Waals surface area contributed by atoms with E-state index in [2.05, 4.69) is 5.32 Å². The standard InChI is InChI=1S/C42H39N3O11S/c46-25-29(47)23-43-28-16-18-32(19-17-28)57(54,55)44-39(48)34-21-35(37(42(52)53)22-36(34)41(50)51)40(49)45(38-15-7-10-27-9-4-5-14-33(27)38)24-26-8-6-13-31(20-26)56-30-11-2-1-3-12-30/h1-6,8-9,11-14,16-22,29,38,43,46-47H,7,10,15,23-25H2,(H,44,48)(H,50,51)(H,52,53)/t29?,38-/m0/s1. The Morgan fingerprint density at radius 2 is 1.42 bits per heavy atom. The number of aliphatic hydroxyl groups excluding tert-OH is 2. The number of aliphatic hydroxyl groups is 2. The Balaban J connectivity index is 1.38. The highest BCUT2D eigenvalue weighted by Gasteiger charge is 2.34. The van der Waals surface area contributed by atoms with Crippen molar-refractivity contribution in [3.8, 4) is 11.5 Å². The van der Waals surface area contributed by atoms with Crippen molar-refractivity contribution in [3.63, 3.8) is 0 Å². The first-order valence-corrected chi connectivity index (χ1v) is 19.4. The molecule has 0 bridgehead atoms. The number of nitrogens with one attached hydrogen (secondary N) is 2. The highest BCUT2D eigenvalue weighted by atomic mass is 32.2. The molecule has 0 radical (unpaired) electrons. The molecule has 57 heavy (non-hydrogen) atoms. The zero-order chi connectivity index (χ0) is 40.7. The average Bonchev–Trinajstić information content (AvgIpc) is 3.21. The maximum absolute atomic E-state index is 14.9. The third-order valence-electron chi connectivity index (χ3n) is 9.44. The van der Waals surface area contributed by atoms with Gasteiger partial charge in [-0.15, -0.1) is 0 Å². The largest absolute Gasteiger partial charge is 0.478 e. The highest BCUT2D eigenvalue weighted by Crippen LogP contribution is 2.37. The van der Waals surface area contributed by atoms with Gasteiger partial charge in [-0.2, -0.15) is 0 Å². The highest BCUT2D eigenvalue weighted by molar-refractivity contribution is 7.90. The number of anilines is 1.